The molecule has 1 saturated heterocycles. The van der Waals surface area contributed by atoms with Crippen LogP contribution in [-0.2, 0) is 9.59 Å². The van der Waals surface area contributed by atoms with E-state index in [1.807, 2.05) is 49.3 Å². The number of hydrogen-bond donors (Lipinski definition) is 1. The fraction of sp³-hybridized carbons (Fsp3) is 0.320. The molecule has 1 fully saturated rings. The lowest BCUT2D eigenvalue weighted by atomic mass is 9.96. The van der Waals surface area contributed by atoms with E-state index >= 15 is 0 Å². The summed E-state index contributed by atoms with van der Waals surface area (Å²) >= 11 is 0. The van der Waals surface area contributed by atoms with E-state index in [2.05, 4.69) is 4.98 Å². The molecular weight excluding hydrogens is 420 g/mol. The molecule has 1 amide bonds. The summed E-state index contributed by atoms with van der Waals surface area (Å²) in [5, 5.41) is 11.4. The van der Waals surface area contributed by atoms with Crippen LogP contribution in [0.3, 0.4) is 0 Å². The summed E-state index contributed by atoms with van der Waals surface area (Å²) in [6.45, 7) is 2.92. The number of rotatable bonds is 7. The van der Waals surface area contributed by atoms with Gasteiger partial charge in [-0.15, -0.1) is 0 Å². The smallest absolute Gasteiger partial charge is 0.295 e. The standard InChI is InChI=1S/C25H28N4O4/c1-16-21(28-13-6-5-11-19(28)26-16)23(30)20-22(17-9-7-10-18(15-17)33-4)29(25(32)24(20)31)14-8-12-27(2)3/h5-7,9-11,13,15,22,30H,8,12,14H2,1-4H3. The second-order valence-corrected chi connectivity index (χ2v) is 8.40. The van der Waals surface area contributed by atoms with Gasteiger partial charge in [-0.2, -0.15) is 0 Å². The molecule has 1 aliphatic heterocycles. The van der Waals surface area contributed by atoms with Crippen molar-refractivity contribution in [1.29, 1.82) is 0 Å². The molecule has 2 aromatic heterocycles. The predicted octanol–water partition coefficient (Wildman–Crippen LogP) is 3.02. The quantitative estimate of drug-likeness (QED) is 0.340. The molecule has 8 nitrogen and oxygen atoms in total. The number of imidazole rings is 1. The number of methoxy groups -OCH3 is 1. The van der Waals surface area contributed by atoms with E-state index in [1.54, 1.807) is 41.7 Å². The Morgan fingerprint density at radius 2 is 1.97 bits per heavy atom. The van der Waals surface area contributed by atoms with E-state index in [-0.39, 0.29) is 11.3 Å². The Morgan fingerprint density at radius 1 is 1.18 bits per heavy atom. The minimum absolute atomic E-state index is 0.0619. The molecule has 0 aliphatic carbocycles. The maximum absolute atomic E-state index is 13.3. The van der Waals surface area contributed by atoms with Crippen molar-refractivity contribution in [1.82, 2.24) is 19.2 Å². The molecule has 3 heterocycles. The van der Waals surface area contributed by atoms with E-state index in [9.17, 15) is 14.7 Å². The number of nitrogens with zero attached hydrogens (tertiary/aromatic N) is 4. The molecule has 0 spiro atoms. The van der Waals surface area contributed by atoms with Crippen LogP contribution in [0, 0.1) is 6.92 Å². The van der Waals surface area contributed by atoms with Crippen molar-refractivity contribution in [3.05, 3.63) is 71.2 Å². The molecule has 33 heavy (non-hydrogen) atoms. The number of aromatic nitrogens is 2. The molecule has 1 unspecified atom stereocenters. The fourth-order valence-corrected chi connectivity index (χ4v) is 4.35. The third kappa shape index (κ3) is 4.09. The van der Waals surface area contributed by atoms with Gasteiger partial charge in [0.2, 0.25) is 0 Å². The van der Waals surface area contributed by atoms with E-state index < -0.39 is 17.7 Å². The van der Waals surface area contributed by atoms with Gasteiger partial charge in [0.15, 0.2) is 5.76 Å². The molecule has 1 aromatic carbocycles. The summed E-state index contributed by atoms with van der Waals surface area (Å²) < 4.78 is 7.10. The molecule has 1 N–H and O–H groups in total. The highest BCUT2D eigenvalue weighted by molar-refractivity contribution is 6.46. The Bertz CT molecular complexity index is 1240. The second-order valence-electron chi connectivity index (χ2n) is 8.40. The number of aliphatic hydroxyl groups is 1. The van der Waals surface area contributed by atoms with E-state index in [1.165, 1.54) is 0 Å². The molecule has 0 saturated carbocycles. The summed E-state index contributed by atoms with van der Waals surface area (Å²) in [6.07, 6.45) is 2.47. The van der Waals surface area contributed by atoms with Gasteiger partial charge in [-0.3, -0.25) is 14.0 Å². The zero-order chi connectivity index (χ0) is 23.7. The molecule has 0 bridgehead atoms. The Balaban J connectivity index is 1.89. The van der Waals surface area contributed by atoms with Crippen LogP contribution in [0.25, 0.3) is 11.4 Å². The minimum Gasteiger partial charge on any atom is -0.505 e. The molecule has 1 atom stereocenters. The second kappa shape index (κ2) is 9.07. The predicted molar refractivity (Wildman–Crippen MR) is 125 cm³/mol. The summed E-state index contributed by atoms with van der Waals surface area (Å²) in [5.41, 5.74) is 2.39. The normalized spacial score (nSPS) is 18.0. The van der Waals surface area contributed by atoms with Crippen LogP contribution in [-0.4, -0.2) is 70.3 Å². The van der Waals surface area contributed by atoms with Gasteiger partial charge in [0.25, 0.3) is 11.7 Å². The van der Waals surface area contributed by atoms with Crippen LogP contribution >= 0.6 is 0 Å². The lowest BCUT2D eigenvalue weighted by Gasteiger charge is -2.26. The number of fused-ring (bicyclic) bond motifs is 1. The number of benzene rings is 1. The van der Waals surface area contributed by atoms with Crippen molar-refractivity contribution < 1.29 is 19.4 Å². The highest BCUT2D eigenvalue weighted by atomic mass is 16.5. The Morgan fingerprint density at radius 3 is 2.70 bits per heavy atom. The number of hydrogen-bond acceptors (Lipinski definition) is 6. The average Bonchev–Trinajstić information content (AvgIpc) is 3.26. The largest absolute Gasteiger partial charge is 0.505 e. The summed E-state index contributed by atoms with van der Waals surface area (Å²) in [7, 11) is 5.48. The highest BCUT2D eigenvalue weighted by Gasteiger charge is 2.46. The topological polar surface area (TPSA) is 87.4 Å². The van der Waals surface area contributed by atoms with Crippen molar-refractivity contribution in [2.24, 2.45) is 0 Å². The first-order valence-corrected chi connectivity index (χ1v) is 10.8. The van der Waals surface area contributed by atoms with Gasteiger partial charge in [0.1, 0.15) is 17.1 Å². The molecule has 8 heteroatoms. The lowest BCUT2D eigenvalue weighted by molar-refractivity contribution is -0.139. The first-order valence-electron chi connectivity index (χ1n) is 10.8. The van der Waals surface area contributed by atoms with Crippen LogP contribution in [0.5, 0.6) is 5.75 Å². The van der Waals surface area contributed by atoms with Gasteiger partial charge in [0, 0.05) is 12.7 Å². The average molecular weight is 449 g/mol. The number of carbonyl (C=O) groups excluding carboxylic acids is 2. The summed E-state index contributed by atoms with van der Waals surface area (Å²) in [6, 6.07) is 12.0. The van der Waals surface area contributed by atoms with Crippen molar-refractivity contribution in [2.75, 3.05) is 34.3 Å². The molecule has 4 rings (SSSR count). The number of ether oxygens (including phenoxy) is 1. The van der Waals surface area contributed by atoms with Crippen LogP contribution < -0.4 is 4.74 Å². The third-order valence-corrected chi connectivity index (χ3v) is 5.88. The molecule has 172 valence electrons. The van der Waals surface area contributed by atoms with Crippen molar-refractivity contribution in [3.8, 4) is 5.75 Å². The lowest BCUT2D eigenvalue weighted by Crippen LogP contribution is -2.32. The summed E-state index contributed by atoms with van der Waals surface area (Å²) in [5.74, 6) is -0.935. The van der Waals surface area contributed by atoms with Crippen LogP contribution in [0.1, 0.15) is 29.4 Å². The number of ketones is 1. The minimum atomic E-state index is -0.726. The maximum Gasteiger partial charge on any atom is 0.295 e. The van der Waals surface area contributed by atoms with Crippen molar-refractivity contribution >= 4 is 23.1 Å². The fourth-order valence-electron chi connectivity index (χ4n) is 4.35. The van der Waals surface area contributed by atoms with Crippen molar-refractivity contribution in [2.45, 2.75) is 19.4 Å². The van der Waals surface area contributed by atoms with Gasteiger partial charge in [-0.1, -0.05) is 18.2 Å². The van der Waals surface area contributed by atoms with E-state index in [0.29, 0.717) is 41.3 Å². The Kier molecular flexibility index (Phi) is 6.20. The Hall–Kier alpha value is -3.65. The first-order chi connectivity index (χ1) is 15.8. The van der Waals surface area contributed by atoms with Gasteiger partial charge >= 0.3 is 0 Å². The van der Waals surface area contributed by atoms with Gasteiger partial charge in [-0.25, -0.2) is 4.98 Å². The SMILES string of the molecule is COc1cccc(C2C(=C(O)c3c(C)nc4ccccn34)C(=O)C(=O)N2CCCN(C)C)c1. The summed E-state index contributed by atoms with van der Waals surface area (Å²) in [4.78, 5) is 34.4. The van der Waals surface area contributed by atoms with Gasteiger partial charge in [-0.05, 0) is 63.8 Å². The molecular formula is C25H28N4O4. The maximum atomic E-state index is 13.3. The Labute approximate surface area is 192 Å². The number of carbonyl (C=O) groups is 2. The van der Waals surface area contributed by atoms with Crippen LogP contribution in [0.15, 0.2) is 54.2 Å². The molecule has 0 radical (unpaired) electrons. The van der Waals surface area contributed by atoms with Gasteiger partial charge in [0.05, 0.1) is 24.4 Å². The number of aryl methyl sites for hydroxylation is 1. The third-order valence-electron chi connectivity index (χ3n) is 5.88. The highest BCUT2D eigenvalue weighted by Crippen LogP contribution is 2.40. The molecule has 3 aromatic rings. The van der Waals surface area contributed by atoms with Crippen LogP contribution in [0.4, 0.5) is 0 Å². The monoisotopic (exact) mass is 448 g/mol. The number of pyridine rings is 1. The number of Topliss-reactive ketones (excluding diaryl/α,β-unsaturated/α-hetero) is 1. The van der Waals surface area contributed by atoms with Crippen LogP contribution in [0.2, 0.25) is 0 Å². The zero-order valence-corrected chi connectivity index (χ0v) is 19.3. The molecule has 1 aliphatic rings. The van der Waals surface area contributed by atoms with E-state index in [4.69, 9.17) is 4.74 Å². The zero-order valence-electron chi connectivity index (χ0n) is 19.3. The first kappa shape index (κ1) is 22.5. The number of amides is 1. The van der Waals surface area contributed by atoms with Crippen molar-refractivity contribution in [3.63, 3.8) is 0 Å². The van der Waals surface area contributed by atoms with Gasteiger partial charge < -0.3 is 19.6 Å². The number of likely N-dealkylation sites (tertiary alicyclic amines) is 1. The van der Waals surface area contributed by atoms with E-state index in [0.717, 1.165) is 6.54 Å². The number of aliphatic hydroxyl groups excluding tert-OH is 1.